The first-order valence-electron chi connectivity index (χ1n) is 11.2. The summed E-state index contributed by atoms with van der Waals surface area (Å²) in [5, 5.41) is 6.85. The number of carbonyl (C=O) groups excluding carboxylic acids is 1. The number of amides is 1. The Morgan fingerprint density at radius 1 is 0.941 bits per heavy atom. The number of piperidine rings is 1. The van der Waals surface area contributed by atoms with Crippen molar-refractivity contribution in [2.75, 3.05) is 28.6 Å². The van der Waals surface area contributed by atoms with E-state index in [-0.39, 0.29) is 5.56 Å². The number of aromatic nitrogens is 3. The van der Waals surface area contributed by atoms with Crippen LogP contribution in [0.25, 0.3) is 10.9 Å². The number of hydrogen-bond donors (Lipinski definition) is 4. The molecule has 2 aromatic heterocycles. The minimum absolute atomic E-state index is 0.276. The van der Waals surface area contributed by atoms with E-state index < -0.39 is 5.91 Å². The number of carbonyl (C=O) groups is 1. The molecule has 0 bridgehead atoms. The minimum atomic E-state index is -0.489. The Morgan fingerprint density at radius 2 is 1.62 bits per heavy atom. The molecule has 1 aliphatic heterocycles. The number of rotatable bonds is 6. The highest BCUT2D eigenvalue weighted by molar-refractivity contribution is 5.94. The predicted octanol–water partition coefficient (Wildman–Crippen LogP) is 3.89. The Kier molecular flexibility index (Phi) is 5.82. The highest BCUT2D eigenvalue weighted by atomic mass is 16.1. The summed E-state index contributed by atoms with van der Waals surface area (Å²) >= 11 is 0. The summed E-state index contributed by atoms with van der Waals surface area (Å²) in [6.45, 7) is 2.16. The van der Waals surface area contributed by atoms with Crippen molar-refractivity contribution >= 4 is 45.5 Å². The van der Waals surface area contributed by atoms with Crippen LogP contribution >= 0.6 is 0 Å². The van der Waals surface area contributed by atoms with E-state index in [4.69, 9.17) is 5.73 Å². The number of anilines is 5. The lowest BCUT2D eigenvalue weighted by molar-refractivity contribution is 0.100. The van der Waals surface area contributed by atoms with Crippen LogP contribution in [0.3, 0.4) is 0 Å². The second-order valence-electron chi connectivity index (χ2n) is 8.27. The van der Waals surface area contributed by atoms with Gasteiger partial charge in [0, 0.05) is 41.8 Å². The average Bonchev–Trinajstić information content (AvgIpc) is 2.85. The molecule has 34 heavy (non-hydrogen) atoms. The zero-order chi connectivity index (χ0) is 23.5. The summed E-state index contributed by atoms with van der Waals surface area (Å²) < 4.78 is 0. The second kappa shape index (κ2) is 9.22. The maximum Gasteiger partial charge on any atom is 0.262 e. The predicted molar refractivity (Wildman–Crippen MR) is 134 cm³/mol. The van der Waals surface area contributed by atoms with E-state index in [1.165, 1.54) is 31.3 Å². The van der Waals surface area contributed by atoms with Gasteiger partial charge in [0.1, 0.15) is 17.0 Å². The lowest BCUT2D eigenvalue weighted by atomic mass is 10.1. The third-order valence-corrected chi connectivity index (χ3v) is 5.92. The molecule has 9 nitrogen and oxygen atoms in total. The average molecular weight is 456 g/mol. The van der Waals surface area contributed by atoms with Crippen LogP contribution in [0, 0.1) is 0 Å². The lowest BCUT2D eigenvalue weighted by Crippen LogP contribution is -2.29. The van der Waals surface area contributed by atoms with E-state index >= 15 is 0 Å². The second-order valence-corrected chi connectivity index (χ2v) is 8.27. The summed E-state index contributed by atoms with van der Waals surface area (Å²) in [5.74, 6) is 0.412. The van der Waals surface area contributed by atoms with Crippen LogP contribution in [0.4, 0.5) is 28.7 Å². The van der Waals surface area contributed by atoms with Crippen molar-refractivity contribution < 1.29 is 4.79 Å². The van der Waals surface area contributed by atoms with Gasteiger partial charge in [0.2, 0.25) is 5.91 Å². The van der Waals surface area contributed by atoms with Crippen molar-refractivity contribution in [3.8, 4) is 0 Å². The van der Waals surface area contributed by atoms with Gasteiger partial charge in [0.15, 0.2) is 0 Å². The first-order valence-corrected chi connectivity index (χ1v) is 11.2. The molecule has 1 amide bonds. The minimum Gasteiger partial charge on any atom is -0.372 e. The molecule has 0 spiro atoms. The fourth-order valence-corrected chi connectivity index (χ4v) is 4.15. The van der Waals surface area contributed by atoms with Gasteiger partial charge < -0.3 is 26.3 Å². The largest absolute Gasteiger partial charge is 0.372 e. The van der Waals surface area contributed by atoms with E-state index in [2.05, 4.69) is 42.6 Å². The van der Waals surface area contributed by atoms with Crippen LogP contribution in [0.5, 0.6) is 0 Å². The van der Waals surface area contributed by atoms with Crippen molar-refractivity contribution in [2.24, 2.45) is 5.73 Å². The number of aromatic amines is 1. The molecule has 0 aliphatic carbocycles. The third-order valence-electron chi connectivity index (χ3n) is 5.92. The highest BCUT2D eigenvalue weighted by Crippen LogP contribution is 2.27. The molecule has 0 unspecified atom stereocenters. The summed E-state index contributed by atoms with van der Waals surface area (Å²) in [5.41, 5.74) is 8.69. The quantitative estimate of drug-likeness (QED) is 0.347. The first kappa shape index (κ1) is 21.4. The topological polar surface area (TPSA) is 129 Å². The van der Waals surface area contributed by atoms with E-state index in [1.807, 2.05) is 12.1 Å². The van der Waals surface area contributed by atoms with Gasteiger partial charge >= 0.3 is 0 Å². The SMILES string of the molecule is NC(=O)c1ccc(Nc2cc3nc[nH]c(=O)c3c(Nc3ccc(N4CCCCC4)cc3)n2)cc1. The number of nitrogens with zero attached hydrogens (tertiary/aromatic N) is 3. The maximum atomic E-state index is 12.6. The van der Waals surface area contributed by atoms with E-state index in [0.717, 1.165) is 24.5 Å². The lowest BCUT2D eigenvalue weighted by Gasteiger charge is -2.28. The van der Waals surface area contributed by atoms with Crippen LogP contribution in [0.15, 0.2) is 65.7 Å². The fourth-order valence-electron chi connectivity index (χ4n) is 4.15. The van der Waals surface area contributed by atoms with Gasteiger partial charge in [-0.3, -0.25) is 9.59 Å². The molecule has 0 atom stereocenters. The fraction of sp³-hybridized carbons (Fsp3) is 0.200. The van der Waals surface area contributed by atoms with Gasteiger partial charge in [-0.15, -0.1) is 0 Å². The third kappa shape index (κ3) is 4.54. The van der Waals surface area contributed by atoms with Crippen molar-refractivity contribution in [3.63, 3.8) is 0 Å². The molecular weight excluding hydrogens is 430 g/mol. The molecule has 5 rings (SSSR count). The number of nitrogens with one attached hydrogen (secondary N) is 3. The maximum absolute atomic E-state index is 12.6. The summed E-state index contributed by atoms with van der Waals surface area (Å²) in [6.07, 6.45) is 5.10. The number of H-pyrrole nitrogens is 1. The number of nitrogens with two attached hydrogens (primary N) is 1. The summed E-state index contributed by atoms with van der Waals surface area (Å²) in [4.78, 5) is 37.9. The Bertz CT molecular complexity index is 1380. The zero-order valence-corrected chi connectivity index (χ0v) is 18.5. The van der Waals surface area contributed by atoms with Gasteiger partial charge in [0.25, 0.3) is 5.56 Å². The molecule has 5 N–H and O–H groups in total. The monoisotopic (exact) mass is 455 g/mol. The molecule has 1 saturated heterocycles. The van der Waals surface area contributed by atoms with Crippen LogP contribution in [0.1, 0.15) is 29.6 Å². The van der Waals surface area contributed by atoms with E-state index in [1.54, 1.807) is 30.3 Å². The first-order chi connectivity index (χ1) is 16.6. The number of fused-ring (bicyclic) bond motifs is 1. The number of hydrogen-bond acceptors (Lipinski definition) is 7. The molecule has 172 valence electrons. The van der Waals surface area contributed by atoms with Crippen LogP contribution in [0.2, 0.25) is 0 Å². The molecule has 4 aromatic rings. The van der Waals surface area contributed by atoms with Gasteiger partial charge in [0.05, 0.1) is 11.8 Å². The van der Waals surface area contributed by atoms with Crippen LogP contribution in [-0.2, 0) is 0 Å². The molecule has 1 aliphatic rings. The molecule has 2 aromatic carbocycles. The smallest absolute Gasteiger partial charge is 0.262 e. The van der Waals surface area contributed by atoms with Gasteiger partial charge in [-0.1, -0.05) is 0 Å². The van der Waals surface area contributed by atoms with Crippen molar-refractivity contribution in [3.05, 3.63) is 76.8 Å². The number of primary amides is 1. The van der Waals surface area contributed by atoms with Gasteiger partial charge in [-0.05, 0) is 67.8 Å². The Hall–Kier alpha value is -4.40. The molecule has 0 radical (unpaired) electrons. The Balaban J connectivity index is 1.44. The van der Waals surface area contributed by atoms with Crippen LogP contribution < -0.4 is 26.8 Å². The Labute approximate surface area is 196 Å². The van der Waals surface area contributed by atoms with Gasteiger partial charge in [-0.2, -0.15) is 0 Å². The normalized spacial score (nSPS) is 13.6. The van der Waals surface area contributed by atoms with Crippen LogP contribution in [-0.4, -0.2) is 33.9 Å². The highest BCUT2D eigenvalue weighted by Gasteiger charge is 2.13. The number of pyridine rings is 1. The van der Waals surface area contributed by atoms with E-state index in [9.17, 15) is 9.59 Å². The zero-order valence-electron chi connectivity index (χ0n) is 18.5. The molecular formula is C25H25N7O2. The van der Waals surface area contributed by atoms with Crippen molar-refractivity contribution in [2.45, 2.75) is 19.3 Å². The molecule has 1 fully saturated rings. The Morgan fingerprint density at radius 3 is 2.32 bits per heavy atom. The molecule has 9 heteroatoms. The van der Waals surface area contributed by atoms with Crippen molar-refractivity contribution in [1.82, 2.24) is 15.0 Å². The molecule has 3 heterocycles. The number of benzene rings is 2. The summed E-state index contributed by atoms with van der Waals surface area (Å²) in [7, 11) is 0. The van der Waals surface area contributed by atoms with E-state index in [0.29, 0.717) is 28.1 Å². The summed E-state index contributed by atoms with van der Waals surface area (Å²) in [6, 6.07) is 16.6. The van der Waals surface area contributed by atoms with Crippen molar-refractivity contribution in [1.29, 1.82) is 0 Å². The standard InChI is InChI=1S/C25H25N7O2/c26-23(33)16-4-6-17(7-5-16)29-21-14-20-22(25(34)28-15-27-20)24(31-21)30-18-8-10-19(11-9-18)32-12-2-1-3-13-32/h4-11,14-15H,1-3,12-13H2,(H2,26,33)(H,27,28,34)(H2,29,30,31). The van der Waals surface area contributed by atoms with Gasteiger partial charge in [-0.25, -0.2) is 9.97 Å². The molecule has 0 saturated carbocycles.